The molecule has 0 fully saturated rings. The molecule has 0 aliphatic rings. The van der Waals surface area contributed by atoms with Crippen molar-refractivity contribution in [2.45, 2.75) is 6.92 Å². The van der Waals surface area contributed by atoms with Gasteiger partial charge in [0.15, 0.2) is 11.6 Å². The number of nitrogens with one attached hydrogen (secondary N) is 1. The highest BCUT2D eigenvalue weighted by atomic mass is 32.1. The summed E-state index contributed by atoms with van der Waals surface area (Å²) in [4.78, 5) is 4.19. The summed E-state index contributed by atoms with van der Waals surface area (Å²) in [6.45, 7) is 1.90. The lowest BCUT2D eigenvalue weighted by molar-refractivity contribution is 0.386. The van der Waals surface area contributed by atoms with Gasteiger partial charge < -0.3 is 4.74 Å². The van der Waals surface area contributed by atoms with Crippen molar-refractivity contribution in [1.29, 1.82) is 0 Å². The van der Waals surface area contributed by atoms with Crippen LogP contribution in [0.5, 0.6) is 5.75 Å². The van der Waals surface area contributed by atoms with E-state index in [0.29, 0.717) is 10.7 Å². The van der Waals surface area contributed by atoms with Gasteiger partial charge in [0.2, 0.25) is 5.13 Å². The van der Waals surface area contributed by atoms with E-state index in [2.05, 4.69) is 15.5 Å². The number of para-hydroxylation sites is 1. The summed E-state index contributed by atoms with van der Waals surface area (Å²) in [5.74, 6) is -0.232. The Labute approximate surface area is 108 Å². The van der Waals surface area contributed by atoms with Gasteiger partial charge in [-0.2, -0.15) is 5.10 Å². The predicted molar refractivity (Wildman–Crippen MR) is 71.0 cm³/mol. The largest absolute Gasteiger partial charge is 0.493 e. The van der Waals surface area contributed by atoms with Crippen LogP contribution in [0, 0.1) is 12.7 Å². The van der Waals surface area contributed by atoms with Gasteiger partial charge in [0.25, 0.3) is 0 Å². The van der Waals surface area contributed by atoms with Gasteiger partial charge in [0.1, 0.15) is 0 Å². The summed E-state index contributed by atoms with van der Waals surface area (Å²) in [7, 11) is 1.42. The summed E-state index contributed by atoms with van der Waals surface area (Å²) >= 11 is 1.46. The molecule has 1 heterocycles. The van der Waals surface area contributed by atoms with Crippen LogP contribution in [0.15, 0.2) is 28.7 Å². The molecule has 0 saturated heterocycles. The molecule has 0 radical (unpaired) electrons. The van der Waals surface area contributed by atoms with Gasteiger partial charge >= 0.3 is 0 Å². The quantitative estimate of drug-likeness (QED) is 0.682. The zero-order valence-electron chi connectivity index (χ0n) is 9.98. The van der Waals surface area contributed by atoms with Crippen molar-refractivity contribution >= 4 is 22.7 Å². The normalized spacial score (nSPS) is 10.8. The molecule has 1 aromatic carbocycles. The Kier molecular flexibility index (Phi) is 3.88. The van der Waals surface area contributed by atoms with Gasteiger partial charge in [-0.1, -0.05) is 6.07 Å². The van der Waals surface area contributed by atoms with E-state index in [-0.39, 0.29) is 5.75 Å². The maximum Gasteiger partial charge on any atom is 0.203 e. The fourth-order valence-corrected chi connectivity index (χ4v) is 2.04. The minimum absolute atomic E-state index is 0.179. The third-order valence-electron chi connectivity index (χ3n) is 2.18. The fraction of sp³-hybridized carbons (Fsp3) is 0.167. The highest BCUT2D eigenvalue weighted by Gasteiger charge is 2.06. The summed E-state index contributed by atoms with van der Waals surface area (Å²) in [6.07, 6.45) is 1.50. The molecule has 0 amide bonds. The monoisotopic (exact) mass is 265 g/mol. The minimum Gasteiger partial charge on any atom is -0.493 e. The molecule has 6 heteroatoms. The van der Waals surface area contributed by atoms with Gasteiger partial charge in [-0.25, -0.2) is 9.37 Å². The number of benzene rings is 1. The van der Waals surface area contributed by atoms with Crippen LogP contribution in [0.1, 0.15) is 11.3 Å². The Balaban J connectivity index is 2.11. The molecule has 2 aromatic rings. The molecule has 1 N–H and O–H groups in total. The second-order valence-corrected chi connectivity index (χ2v) is 4.38. The number of ether oxygens (including phenoxy) is 1. The van der Waals surface area contributed by atoms with Gasteiger partial charge in [-0.15, -0.1) is 11.3 Å². The first-order valence-corrected chi connectivity index (χ1v) is 6.12. The second-order valence-electron chi connectivity index (χ2n) is 3.53. The third-order valence-corrected chi connectivity index (χ3v) is 3.05. The Morgan fingerprint density at radius 1 is 1.50 bits per heavy atom. The van der Waals surface area contributed by atoms with Crippen molar-refractivity contribution in [3.63, 3.8) is 0 Å². The number of hydrazone groups is 1. The maximum atomic E-state index is 13.4. The molecule has 0 spiro atoms. The van der Waals surface area contributed by atoms with Crippen LogP contribution in [0.25, 0.3) is 0 Å². The number of rotatable bonds is 4. The zero-order valence-corrected chi connectivity index (χ0v) is 10.8. The summed E-state index contributed by atoms with van der Waals surface area (Å²) < 4.78 is 18.4. The lowest BCUT2D eigenvalue weighted by Gasteiger charge is -2.04. The molecule has 0 saturated carbocycles. The molecule has 0 atom stereocenters. The van der Waals surface area contributed by atoms with E-state index in [1.807, 2.05) is 12.3 Å². The van der Waals surface area contributed by atoms with E-state index in [9.17, 15) is 4.39 Å². The summed E-state index contributed by atoms with van der Waals surface area (Å²) in [5, 5.41) is 6.61. The van der Waals surface area contributed by atoms with Crippen LogP contribution in [-0.2, 0) is 0 Å². The summed E-state index contributed by atoms with van der Waals surface area (Å²) in [5.41, 5.74) is 4.28. The fourth-order valence-electron chi connectivity index (χ4n) is 1.40. The minimum atomic E-state index is -0.411. The van der Waals surface area contributed by atoms with E-state index in [0.717, 1.165) is 5.69 Å². The average Bonchev–Trinajstić information content (AvgIpc) is 2.75. The van der Waals surface area contributed by atoms with E-state index in [1.54, 1.807) is 12.1 Å². The van der Waals surface area contributed by atoms with Crippen molar-refractivity contribution in [2.24, 2.45) is 5.10 Å². The van der Waals surface area contributed by atoms with E-state index >= 15 is 0 Å². The molecule has 0 aliphatic heterocycles. The Hall–Kier alpha value is -1.95. The van der Waals surface area contributed by atoms with Crippen LogP contribution in [0.4, 0.5) is 9.52 Å². The van der Waals surface area contributed by atoms with Crippen molar-refractivity contribution in [3.8, 4) is 5.75 Å². The number of aromatic nitrogens is 1. The van der Waals surface area contributed by atoms with Gasteiger partial charge in [-0.3, -0.25) is 5.43 Å². The van der Waals surface area contributed by atoms with E-state index in [1.165, 1.54) is 30.7 Å². The molecule has 1 aromatic heterocycles. The Morgan fingerprint density at radius 2 is 2.33 bits per heavy atom. The summed E-state index contributed by atoms with van der Waals surface area (Å²) in [6, 6.07) is 4.67. The molecule has 94 valence electrons. The first kappa shape index (κ1) is 12.5. The van der Waals surface area contributed by atoms with Gasteiger partial charge in [-0.05, 0) is 19.1 Å². The SMILES string of the molecule is COc1c(F)cccc1C=NNc1nc(C)cs1. The van der Waals surface area contributed by atoms with E-state index in [4.69, 9.17) is 4.74 Å². The predicted octanol–water partition coefficient (Wildman–Crippen LogP) is 3.05. The molecule has 4 nitrogen and oxygen atoms in total. The van der Waals surface area contributed by atoms with Crippen LogP contribution in [0.2, 0.25) is 0 Å². The molecule has 0 unspecified atom stereocenters. The van der Waals surface area contributed by atoms with Crippen LogP contribution >= 0.6 is 11.3 Å². The molecule has 2 rings (SSSR count). The zero-order chi connectivity index (χ0) is 13.0. The van der Waals surface area contributed by atoms with Crippen LogP contribution < -0.4 is 10.2 Å². The molecule has 0 bridgehead atoms. The molecular weight excluding hydrogens is 253 g/mol. The molecule has 18 heavy (non-hydrogen) atoms. The number of anilines is 1. The molecular formula is C12H12FN3OS. The van der Waals surface area contributed by atoms with Crippen molar-refractivity contribution < 1.29 is 9.13 Å². The lowest BCUT2D eigenvalue weighted by atomic mass is 10.2. The number of halogens is 1. The number of nitrogens with zero attached hydrogens (tertiary/aromatic N) is 2. The highest BCUT2D eigenvalue weighted by Crippen LogP contribution is 2.20. The van der Waals surface area contributed by atoms with Gasteiger partial charge in [0, 0.05) is 10.9 Å². The number of hydrogen-bond acceptors (Lipinski definition) is 5. The van der Waals surface area contributed by atoms with Crippen molar-refractivity contribution in [3.05, 3.63) is 40.7 Å². The van der Waals surface area contributed by atoms with Gasteiger partial charge in [0.05, 0.1) is 19.0 Å². The smallest absolute Gasteiger partial charge is 0.203 e. The Bertz CT molecular complexity index is 568. The second kappa shape index (κ2) is 5.59. The number of aryl methyl sites for hydroxylation is 1. The molecule has 0 aliphatic carbocycles. The first-order valence-electron chi connectivity index (χ1n) is 5.24. The lowest BCUT2D eigenvalue weighted by Crippen LogP contribution is -1.96. The average molecular weight is 265 g/mol. The maximum absolute atomic E-state index is 13.4. The Morgan fingerprint density at radius 3 is 3.00 bits per heavy atom. The number of thiazole rings is 1. The topological polar surface area (TPSA) is 46.5 Å². The van der Waals surface area contributed by atoms with Crippen LogP contribution in [-0.4, -0.2) is 18.3 Å². The third kappa shape index (κ3) is 2.84. The highest BCUT2D eigenvalue weighted by molar-refractivity contribution is 7.13. The van der Waals surface area contributed by atoms with Crippen LogP contribution in [0.3, 0.4) is 0 Å². The first-order chi connectivity index (χ1) is 8.70. The number of methoxy groups -OCH3 is 1. The van der Waals surface area contributed by atoms with Crippen molar-refractivity contribution in [2.75, 3.05) is 12.5 Å². The van der Waals surface area contributed by atoms with E-state index < -0.39 is 5.82 Å². The number of hydrogen-bond donors (Lipinski definition) is 1. The standard InChI is InChI=1S/C12H12FN3OS/c1-8-7-18-12(15-8)16-14-6-9-4-3-5-10(13)11(9)17-2/h3-7H,1-2H3,(H,15,16). The van der Waals surface area contributed by atoms with Crippen molar-refractivity contribution in [1.82, 2.24) is 4.98 Å².